The summed E-state index contributed by atoms with van der Waals surface area (Å²) in [5.74, 6) is 0. The number of rotatable bonds is 3. The van der Waals surface area contributed by atoms with E-state index in [1.165, 1.54) is 38.7 Å². The third kappa shape index (κ3) is 6.33. The van der Waals surface area contributed by atoms with Crippen LogP contribution in [-0.2, 0) is 29.1 Å². The molecule has 0 bridgehead atoms. The number of nitrogens with zero attached hydrogens (tertiary/aromatic N) is 2. The Kier molecular flexibility index (Phi) is 7.61. The van der Waals surface area contributed by atoms with Gasteiger partial charge in [-0.05, 0) is 145 Å². The number of aryl methyl sites for hydroxylation is 1. The van der Waals surface area contributed by atoms with Gasteiger partial charge in [0.1, 0.15) is 0 Å². The second-order valence-corrected chi connectivity index (χ2v) is 20.9. The average Bonchev–Trinajstić information content (AvgIpc) is 3.48. The third-order valence-corrected chi connectivity index (χ3v) is 12.8. The fraction of sp³-hybridized carbons (Fsp3) is 0.333. The summed E-state index contributed by atoms with van der Waals surface area (Å²) >= 11 is 0. The topological polar surface area (TPSA) is 6.48 Å². The van der Waals surface area contributed by atoms with E-state index in [1.807, 2.05) is 12.1 Å². The fourth-order valence-corrected chi connectivity index (χ4v) is 9.72. The van der Waals surface area contributed by atoms with Crippen LogP contribution in [-0.4, -0.2) is 6.71 Å². The molecule has 0 saturated heterocycles. The number of hydrogen-bond donors (Lipinski definition) is 0. The minimum Gasteiger partial charge on any atom is -0.311 e. The van der Waals surface area contributed by atoms with Crippen molar-refractivity contribution in [1.29, 1.82) is 0 Å². The quantitative estimate of drug-likeness (QED) is 0.166. The number of hydrogen-bond acceptors (Lipinski definition) is 2. The van der Waals surface area contributed by atoms with Gasteiger partial charge < -0.3 is 9.80 Å². The van der Waals surface area contributed by atoms with Gasteiger partial charge >= 0.3 is 0 Å². The summed E-state index contributed by atoms with van der Waals surface area (Å²) in [7, 11) is 0. The minimum atomic E-state index is -2.34. The van der Waals surface area contributed by atoms with Crippen molar-refractivity contribution in [1.82, 2.24) is 0 Å². The van der Waals surface area contributed by atoms with Crippen LogP contribution in [0.4, 0.5) is 34.1 Å². The minimum absolute atomic E-state index is 0.0105. The van der Waals surface area contributed by atoms with Gasteiger partial charge in [0, 0.05) is 38.1 Å². The Morgan fingerprint density at radius 2 is 1.07 bits per heavy atom. The molecule has 9 rings (SSSR count). The molecule has 0 unspecified atom stereocenters. The van der Waals surface area contributed by atoms with Gasteiger partial charge in [0.25, 0.3) is 6.71 Å². The standard InChI is InChI=1S/C54H59BN2/c1-34-26-48-50-49(27-34)57(45-24-20-39(52(5,6)7)30-42(45)35-16-14-13-15-17-35)47-29-37-33-54(11,12)32-36(37)28-43(47)55(50)44-31-40(53(8,9)10)21-25-46(44)56(48)41-22-18-38(19-23-41)51(2,3)4/h13-31H,32-33H2,1-12H3/i1D3. The van der Waals surface area contributed by atoms with E-state index in [0.29, 0.717) is 5.56 Å². The lowest BCUT2D eigenvalue weighted by Gasteiger charge is -2.45. The van der Waals surface area contributed by atoms with Crippen LogP contribution in [0, 0.1) is 12.3 Å². The maximum Gasteiger partial charge on any atom is 0.252 e. The van der Waals surface area contributed by atoms with Crippen molar-refractivity contribution in [2.24, 2.45) is 5.41 Å². The molecular formula is C54H59BN2. The first-order valence-corrected chi connectivity index (χ1v) is 20.9. The Labute approximate surface area is 347 Å². The first-order valence-electron chi connectivity index (χ1n) is 22.4. The zero-order valence-corrected chi connectivity index (χ0v) is 35.9. The molecular weight excluding hydrogens is 687 g/mol. The molecule has 0 fully saturated rings. The number of fused-ring (bicyclic) bond motifs is 5. The normalized spacial score (nSPS) is 16.6. The van der Waals surface area contributed by atoms with Crippen LogP contribution in [0.15, 0.2) is 115 Å². The van der Waals surface area contributed by atoms with Crippen molar-refractivity contribution < 1.29 is 4.11 Å². The highest BCUT2D eigenvalue weighted by Gasteiger charge is 2.45. The summed E-state index contributed by atoms with van der Waals surface area (Å²) in [6.07, 6.45) is 2.02. The molecule has 2 heterocycles. The Hall–Kier alpha value is -5.02. The molecule has 2 nitrogen and oxygen atoms in total. The molecule has 288 valence electrons. The van der Waals surface area contributed by atoms with E-state index in [9.17, 15) is 0 Å². The van der Waals surface area contributed by atoms with E-state index < -0.39 is 6.85 Å². The molecule has 0 spiro atoms. The smallest absolute Gasteiger partial charge is 0.252 e. The second kappa shape index (κ2) is 12.7. The highest BCUT2D eigenvalue weighted by Crippen LogP contribution is 2.49. The highest BCUT2D eigenvalue weighted by molar-refractivity contribution is 7.00. The van der Waals surface area contributed by atoms with Gasteiger partial charge in [0.2, 0.25) is 0 Å². The maximum absolute atomic E-state index is 8.97. The van der Waals surface area contributed by atoms with E-state index >= 15 is 0 Å². The van der Waals surface area contributed by atoms with E-state index in [1.54, 1.807) is 0 Å². The molecule has 6 aromatic rings. The number of anilines is 6. The van der Waals surface area contributed by atoms with Gasteiger partial charge in [-0.3, -0.25) is 0 Å². The molecule has 0 saturated carbocycles. The fourth-order valence-electron chi connectivity index (χ4n) is 9.72. The molecule has 2 aliphatic heterocycles. The van der Waals surface area contributed by atoms with Gasteiger partial charge in [-0.25, -0.2) is 0 Å². The predicted octanol–water partition coefficient (Wildman–Crippen LogP) is 12.8. The highest BCUT2D eigenvalue weighted by atomic mass is 15.2. The molecule has 0 amide bonds. The van der Waals surface area contributed by atoms with E-state index in [0.717, 1.165) is 63.6 Å². The first kappa shape index (κ1) is 34.1. The van der Waals surface area contributed by atoms with Crippen molar-refractivity contribution in [3.8, 4) is 11.1 Å². The van der Waals surface area contributed by atoms with Crippen LogP contribution in [0.5, 0.6) is 0 Å². The third-order valence-electron chi connectivity index (χ3n) is 12.8. The lowest BCUT2D eigenvalue weighted by atomic mass is 9.33. The molecule has 3 heteroatoms. The number of benzene rings is 6. The average molecular weight is 750 g/mol. The summed E-state index contributed by atoms with van der Waals surface area (Å²) in [6.45, 7) is 22.7. The summed E-state index contributed by atoms with van der Waals surface area (Å²) in [4.78, 5) is 4.78. The Bertz CT molecular complexity index is 2670. The summed E-state index contributed by atoms with van der Waals surface area (Å²) in [6, 6.07) is 42.5. The molecule has 0 atom stereocenters. The predicted molar refractivity (Wildman–Crippen MR) is 248 cm³/mol. The SMILES string of the molecule is [2H]C([2H])([2H])c1cc2c3c(c1)N(c1ccc(C(C)(C)C)cc1-c1ccccc1)c1cc4c(cc1B3c1cc(C(C)(C)C)ccc1N2c1ccc(C(C)(C)C)cc1)CC(C)(C)C4. The molecule has 0 radical (unpaired) electrons. The van der Waals surface area contributed by atoms with Gasteiger partial charge in [0.15, 0.2) is 0 Å². The zero-order chi connectivity index (χ0) is 42.9. The zero-order valence-electron chi connectivity index (χ0n) is 38.9. The van der Waals surface area contributed by atoms with Crippen LogP contribution >= 0.6 is 0 Å². The van der Waals surface area contributed by atoms with Crippen molar-refractivity contribution in [2.45, 2.75) is 112 Å². The van der Waals surface area contributed by atoms with Gasteiger partial charge in [-0.15, -0.1) is 0 Å². The van der Waals surface area contributed by atoms with Crippen LogP contribution < -0.4 is 26.2 Å². The lowest BCUT2D eigenvalue weighted by molar-refractivity contribution is 0.392. The summed E-state index contributed by atoms with van der Waals surface area (Å²) in [5.41, 5.74) is 19.0. The van der Waals surface area contributed by atoms with Crippen LogP contribution in [0.1, 0.15) is 114 Å². The largest absolute Gasteiger partial charge is 0.311 e. The van der Waals surface area contributed by atoms with Crippen molar-refractivity contribution in [3.05, 3.63) is 149 Å². The Balaban J connectivity index is 1.43. The molecule has 3 aliphatic rings. The molecule has 0 aromatic heterocycles. The van der Waals surface area contributed by atoms with E-state index in [-0.39, 0.29) is 28.4 Å². The summed E-state index contributed by atoms with van der Waals surface area (Å²) in [5, 5.41) is 0. The second-order valence-electron chi connectivity index (χ2n) is 20.9. The van der Waals surface area contributed by atoms with Crippen molar-refractivity contribution in [3.63, 3.8) is 0 Å². The van der Waals surface area contributed by atoms with Crippen LogP contribution in [0.25, 0.3) is 11.1 Å². The molecule has 0 N–H and O–H groups in total. The Morgan fingerprint density at radius 3 is 1.68 bits per heavy atom. The van der Waals surface area contributed by atoms with E-state index in [4.69, 9.17) is 4.11 Å². The Morgan fingerprint density at radius 1 is 0.526 bits per heavy atom. The van der Waals surface area contributed by atoms with Gasteiger partial charge in [0.05, 0.1) is 5.69 Å². The van der Waals surface area contributed by atoms with Gasteiger partial charge in [-0.1, -0.05) is 143 Å². The van der Waals surface area contributed by atoms with E-state index in [2.05, 4.69) is 189 Å². The van der Waals surface area contributed by atoms with Crippen LogP contribution in [0.3, 0.4) is 0 Å². The first-order chi connectivity index (χ1) is 28.0. The van der Waals surface area contributed by atoms with Crippen molar-refractivity contribution >= 4 is 57.2 Å². The van der Waals surface area contributed by atoms with Gasteiger partial charge in [-0.2, -0.15) is 0 Å². The molecule has 57 heavy (non-hydrogen) atoms. The molecule has 1 aliphatic carbocycles. The lowest BCUT2D eigenvalue weighted by Crippen LogP contribution is -2.61. The van der Waals surface area contributed by atoms with Crippen molar-refractivity contribution in [2.75, 3.05) is 9.80 Å². The summed E-state index contributed by atoms with van der Waals surface area (Å²) < 4.78 is 26.9. The molecule has 6 aromatic carbocycles. The maximum atomic E-state index is 8.97. The van der Waals surface area contributed by atoms with Crippen LogP contribution in [0.2, 0.25) is 0 Å². The monoisotopic (exact) mass is 749 g/mol.